The Morgan fingerprint density at radius 2 is 2.06 bits per heavy atom. The summed E-state index contributed by atoms with van der Waals surface area (Å²) < 4.78 is 6.40. The number of nitrogens with zero attached hydrogens (tertiary/aromatic N) is 3. The highest BCUT2D eigenvalue weighted by molar-refractivity contribution is 8.00. The van der Waals surface area contributed by atoms with E-state index in [-0.39, 0.29) is 35.2 Å². The largest absolute Gasteiger partial charge is 0.504 e. The molecule has 2 aromatic carbocycles. The number of hydrogen-bond acceptors (Lipinski definition) is 7. The molecule has 0 bridgehead atoms. The van der Waals surface area contributed by atoms with Crippen LogP contribution in [0.4, 0.5) is 0 Å². The fourth-order valence-electron chi connectivity index (χ4n) is 3.44. The number of hydrogen-bond donors (Lipinski definition) is 2. The van der Waals surface area contributed by atoms with Crippen molar-refractivity contribution in [2.24, 2.45) is 0 Å². The van der Waals surface area contributed by atoms with E-state index < -0.39 is 11.3 Å². The van der Waals surface area contributed by atoms with Gasteiger partial charge in [-0.25, -0.2) is 9.99 Å². The van der Waals surface area contributed by atoms with Gasteiger partial charge in [0.25, 0.3) is 17.4 Å². The van der Waals surface area contributed by atoms with Crippen LogP contribution in [0, 0.1) is 6.92 Å². The molecular formula is C21H20N4O5S. The lowest BCUT2D eigenvalue weighted by Gasteiger charge is -2.25. The molecule has 0 radical (unpaired) electrons. The van der Waals surface area contributed by atoms with Crippen LogP contribution in [-0.2, 0) is 16.1 Å². The van der Waals surface area contributed by atoms with E-state index in [4.69, 9.17) is 4.74 Å². The molecule has 160 valence electrons. The summed E-state index contributed by atoms with van der Waals surface area (Å²) in [6, 6.07) is 11.9. The zero-order chi connectivity index (χ0) is 22.1. The Labute approximate surface area is 181 Å². The van der Waals surface area contributed by atoms with Crippen LogP contribution in [0.2, 0.25) is 0 Å². The van der Waals surface area contributed by atoms with E-state index in [1.807, 2.05) is 0 Å². The van der Waals surface area contributed by atoms with Crippen LogP contribution < -0.4 is 15.7 Å². The molecule has 1 aliphatic rings. The van der Waals surface area contributed by atoms with Crippen molar-refractivity contribution in [3.8, 4) is 11.5 Å². The SMILES string of the molecule is COc1ccc(C2SCC(=O)N2NC(=O)Cn2c(=O)c(C)nc3ccccc32)cc1O. The molecule has 1 saturated heterocycles. The number of phenols is 1. The third kappa shape index (κ3) is 3.93. The first kappa shape index (κ1) is 20.7. The van der Waals surface area contributed by atoms with E-state index in [9.17, 15) is 19.5 Å². The number of aromatic nitrogens is 2. The maximum Gasteiger partial charge on any atom is 0.272 e. The van der Waals surface area contributed by atoms with Gasteiger partial charge in [0, 0.05) is 0 Å². The van der Waals surface area contributed by atoms with Gasteiger partial charge in [-0.3, -0.25) is 24.4 Å². The van der Waals surface area contributed by atoms with E-state index in [1.165, 1.54) is 34.5 Å². The number of methoxy groups -OCH3 is 1. The molecule has 1 atom stereocenters. The molecule has 1 aromatic heterocycles. The van der Waals surface area contributed by atoms with Crippen molar-refractivity contribution < 1.29 is 19.4 Å². The number of carbonyl (C=O) groups excluding carboxylic acids is 2. The first-order valence-corrected chi connectivity index (χ1v) is 10.5. The second-order valence-corrected chi connectivity index (χ2v) is 8.04. The number of amides is 2. The lowest BCUT2D eigenvalue weighted by atomic mass is 10.2. The number of thioether (sulfide) groups is 1. The number of aryl methyl sites for hydroxylation is 1. The summed E-state index contributed by atoms with van der Waals surface area (Å²) in [5, 5.41) is 10.8. The Morgan fingerprint density at radius 3 is 2.81 bits per heavy atom. The van der Waals surface area contributed by atoms with E-state index in [0.29, 0.717) is 22.3 Å². The van der Waals surface area contributed by atoms with Crippen LogP contribution in [0.1, 0.15) is 16.6 Å². The Kier molecular flexibility index (Phi) is 5.55. The number of ether oxygens (including phenoxy) is 1. The number of hydrazine groups is 1. The van der Waals surface area contributed by atoms with Gasteiger partial charge in [-0.05, 0) is 36.8 Å². The predicted octanol–water partition coefficient (Wildman–Crippen LogP) is 1.72. The van der Waals surface area contributed by atoms with Crippen molar-refractivity contribution >= 4 is 34.6 Å². The normalized spacial score (nSPS) is 16.0. The van der Waals surface area contributed by atoms with Crippen molar-refractivity contribution in [1.82, 2.24) is 20.0 Å². The molecule has 1 aliphatic heterocycles. The minimum atomic E-state index is -0.517. The van der Waals surface area contributed by atoms with E-state index in [2.05, 4.69) is 10.4 Å². The molecule has 2 N–H and O–H groups in total. The average molecular weight is 440 g/mol. The fourth-order valence-corrected chi connectivity index (χ4v) is 4.54. The molecule has 0 aliphatic carbocycles. The number of phenolic OH excluding ortho intramolecular Hbond substituents is 1. The van der Waals surface area contributed by atoms with Crippen LogP contribution in [0.25, 0.3) is 11.0 Å². The lowest BCUT2D eigenvalue weighted by molar-refractivity contribution is -0.139. The molecular weight excluding hydrogens is 420 g/mol. The minimum absolute atomic E-state index is 0.0588. The van der Waals surface area contributed by atoms with Crippen LogP contribution >= 0.6 is 11.8 Å². The van der Waals surface area contributed by atoms with Crippen LogP contribution in [0.15, 0.2) is 47.3 Å². The summed E-state index contributed by atoms with van der Waals surface area (Å²) in [5.41, 5.74) is 4.31. The number of nitrogens with one attached hydrogen (secondary N) is 1. The lowest BCUT2D eigenvalue weighted by Crippen LogP contribution is -2.46. The molecule has 3 aromatic rings. The highest BCUT2D eigenvalue weighted by atomic mass is 32.2. The minimum Gasteiger partial charge on any atom is -0.504 e. The second-order valence-electron chi connectivity index (χ2n) is 6.97. The quantitative estimate of drug-likeness (QED) is 0.621. The molecule has 1 unspecified atom stereocenters. The van der Waals surface area contributed by atoms with Gasteiger partial charge in [0.1, 0.15) is 17.6 Å². The average Bonchev–Trinajstić information content (AvgIpc) is 3.11. The zero-order valence-corrected chi connectivity index (χ0v) is 17.7. The number of carbonyl (C=O) groups is 2. The Balaban J connectivity index is 1.59. The van der Waals surface area contributed by atoms with Crippen LogP contribution in [0.3, 0.4) is 0 Å². The summed E-state index contributed by atoms with van der Waals surface area (Å²) in [7, 11) is 1.45. The molecule has 0 saturated carbocycles. The molecule has 10 heteroatoms. The van der Waals surface area contributed by atoms with E-state index in [0.717, 1.165) is 0 Å². The Bertz CT molecular complexity index is 1240. The summed E-state index contributed by atoms with van der Waals surface area (Å²) in [6.45, 7) is 1.33. The van der Waals surface area contributed by atoms with Crippen molar-refractivity contribution in [2.45, 2.75) is 18.8 Å². The molecule has 2 amide bonds. The van der Waals surface area contributed by atoms with Crippen molar-refractivity contribution in [3.05, 3.63) is 64.1 Å². The number of benzene rings is 2. The standard InChI is InChI=1S/C21H20N4O5S/c1-12-20(29)24(15-6-4-3-5-14(15)22-12)10-18(27)23-25-19(28)11-31-21(25)13-7-8-17(30-2)16(26)9-13/h3-9,21,26H,10-11H2,1-2H3,(H,23,27). The van der Waals surface area contributed by atoms with Crippen LogP contribution in [0.5, 0.6) is 11.5 Å². The number of aromatic hydroxyl groups is 1. The smallest absolute Gasteiger partial charge is 0.272 e. The number of rotatable bonds is 5. The monoisotopic (exact) mass is 440 g/mol. The summed E-state index contributed by atoms with van der Waals surface area (Å²) in [4.78, 5) is 42.1. The van der Waals surface area contributed by atoms with Gasteiger partial charge in [-0.2, -0.15) is 0 Å². The highest BCUT2D eigenvalue weighted by Crippen LogP contribution is 2.40. The molecule has 9 nitrogen and oxygen atoms in total. The highest BCUT2D eigenvalue weighted by Gasteiger charge is 2.35. The van der Waals surface area contributed by atoms with Crippen molar-refractivity contribution in [3.63, 3.8) is 0 Å². The maximum absolute atomic E-state index is 12.8. The van der Waals surface area contributed by atoms with Gasteiger partial charge in [-0.1, -0.05) is 18.2 Å². The molecule has 31 heavy (non-hydrogen) atoms. The first-order chi connectivity index (χ1) is 14.9. The summed E-state index contributed by atoms with van der Waals surface area (Å²) in [5.74, 6) is -0.364. The van der Waals surface area contributed by atoms with Gasteiger partial charge in [-0.15, -0.1) is 11.8 Å². The van der Waals surface area contributed by atoms with Crippen LogP contribution in [-0.4, -0.2) is 44.3 Å². The van der Waals surface area contributed by atoms with Gasteiger partial charge < -0.3 is 9.84 Å². The first-order valence-electron chi connectivity index (χ1n) is 9.45. The number of para-hydroxylation sites is 2. The van der Waals surface area contributed by atoms with E-state index >= 15 is 0 Å². The molecule has 0 spiro atoms. The summed E-state index contributed by atoms with van der Waals surface area (Å²) >= 11 is 1.32. The summed E-state index contributed by atoms with van der Waals surface area (Å²) in [6.07, 6.45) is 0. The van der Waals surface area contributed by atoms with E-state index in [1.54, 1.807) is 43.3 Å². The second kappa shape index (κ2) is 8.31. The number of fused-ring (bicyclic) bond motifs is 1. The molecule has 1 fully saturated rings. The predicted molar refractivity (Wildman–Crippen MR) is 116 cm³/mol. The topological polar surface area (TPSA) is 114 Å². The Morgan fingerprint density at radius 1 is 1.29 bits per heavy atom. The Hall–Kier alpha value is -3.53. The van der Waals surface area contributed by atoms with Crippen molar-refractivity contribution in [1.29, 1.82) is 0 Å². The molecule has 4 rings (SSSR count). The van der Waals surface area contributed by atoms with Gasteiger partial charge in [0.05, 0.1) is 23.9 Å². The zero-order valence-electron chi connectivity index (χ0n) is 16.9. The van der Waals surface area contributed by atoms with Gasteiger partial charge >= 0.3 is 0 Å². The molecule has 2 heterocycles. The third-order valence-corrected chi connectivity index (χ3v) is 6.13. The maximum atomic E-state index is 12.8. The van der Waals surface area contributed by atoms with Gasteiger partial charge in [0.2, 0.25) is 0 Å². The van der Waals surface area contributed by atoms with Crippen molar-refractivity contribution in [2.75, 3.05) is 12.9 Å². The van der Waals surface area contributed by atoms with Gasteiger partial charge in [0.15, 0.2) is 11.5 Å². The fraction of sp³-hybridized carbons (Fsp3) is 0.238. The third-order valence-electron chi connectivity index (χ3n) is 4.92.